The molecule has 4 rings (SSSR count). The van der Waals surface area contributed by atoms with Crippen LogP contribution in [0.5, 0.6) is 0 Å². The van der Waals surface area contributed by atoms with Crippen molar-refractivity contribution in [1.29, 1.82) is 0 Å². The molecule has 0 N–H and O–H groups in total. The topological polar surface area (TPSA) is 89.7 Å². The van der Waals surface area contributed by atoms with E-state index in [1.165, 1.54) is 15.6 Å². The fraction of sp³-hybridized carbons (Fsp3) is 0.360. The number of anilines is 1. The summed E-state index contributed by atoms with van der Waals surface area (Å²) in [5, 5.41) is 4.77. The highest BCUT2D eigenvalue weighted by molar-refractivity contribution is 6.30. The number of carbonyl (C=O) groups excluding carboxylic acids is 2. The molecule has 1 aliphatic rings. The zero-order chi connectivity index (χ0) is 25.2. The van der Waals surface area contributed by atoms with Crippen molar-refractivity contribution in [2.45, 2.75) is 26.3 Å². The van der Waals surface area contributed by atoms with Crippen LogP contribution in [0.2, 0.25) is 5.02 Å². The normalized spacial score (nSPS) is 14.2. The number of benzene rings is 2. The molecule has 1 aromatic heterocycles. The molecule has 0 bridgehead atoms. The lowest BCUT2D eigenvalue weighted by Gasteiger charge is -2.35. The maximum Gasteiger partial charge on any atom is 0.409 e. The summed E-state index contributed by atoms with van der Waals surface area (Å²) in [5.41, 5.74) is 0.497. The van der Waals surface area contributed by atoms with Gasteiger partial charge in [0.2, 0.25) is 0 Å². The Labute approximate surface area is 208 Å². The van der Waals surface area contributed by atoms with Gasteiger partial charge in [0.05, 0.1) is 12.3 Å². The Kier molecular flexibility index (Phi) is 6.98. The summed E-state index contributed by atoms with van der Waals surface area (Å²) < 4.78 is 7.69. The number of amides is 1. The van der Waals surface area contributed by atoms with E-state index < -0.39 is 11.2 Å². The lowest BCUT2D eigenvalue weighted by molar-refractivity contribution is 0.0828. The van der Waals surface area contributed by atoms with Gasteiger partial charge in [-0.3, -0.25) is 4.79 Å². The fourth-order valence-electron chi connectivity index (χ4n) is 4.10. The maximum atomic E-state index is 13.2. The number of piperazine rings is 1. The van der Waals surface area contributed by atoms with E-state index in [9.17, 15) is 14.4 Å². The van der Waals surface area contributed by atoms with Gasteiger partial charge in [0, 0.05) is 42.5 Å². The number of halogens is 1. The molecule has 2 heterocycles. The minimum absolute atomic E-state index is 0.237. The first-order chi connectivity index (χ1) is 16.7. The average molecular weight is 498 g/mol. The third-order valence-corrected chi connectivity index (χ3v) is 6.41. The van der Waals surface area contributed by atoms with Gasteiger partial charge in [0.1, 0.15) is 11.9 Å². The average Bonchev–Trinajstić information content (AvgIpc) is 3.26. The van der Waals surface area contributed by atoms with Crippen LogP contribution in [0.25, 0.3) is 5.69 Å². The molecule has 0 spiro atoms. The van der Waals surface area contributed by atoms with Gasteiger partial charge < -0.3 is 14.5 Å². The van der Waals surface area contributed by atoms with Crippen LogP contribution >= 0.6 is 11.6 Å². The summed E-state index contributed by atoms with van der Waals surface area (Å²) >= 11 is 5.93. The molecule has 9 nitrogen and oxygen atoms in total. The molecule has 10 heteroatoms. The van der Waals surface area contributed by atoms with Crippen LogP contribution in [0.1, 0.15) is 31.1 Å². The summed E-state index contributed by atoms with van der Waals surface area (Å²) in [6.07, 6.45) is 1.14. The molecule has 1 saturated heterocycles. The molecule has 35 heavy (non-hydrogen) atoms. The van der Waals surface area contributed by atoms with Crippen molar-refractivity contribution in [3.8, 4) is 5.69 Å². The van der Waals surface area contributed by atoms with Crippen molar-refractivity contribution in [3.63, 3.8) is 0 Å². The third kappa shape index (κ3) is 4.95. The number of aromatic nitrogens is 3. The first kappa shape index (κ1) is 24.5. The second kappa shape index (κ2) is 9.95. The number of nitrogens with zero attached hydrogens (tertiary/aromatic N) is 5. The van der Waals surface area contributed by atoms with E-state index in [0.29, 0.717) is 49.1 Å². The van der Waals surface area contributed by atoms with Crippen molar-refractivity contribution < 1.29 is 14.3 Å². The first-order valence-corrected chi connectivity index (χ1v) is 11.8. The van der Waals surface area contributed by atoms with Gasteiger partial charge in [-0.25, -0.2) is 14.2 Å². The van der Waals surface area contributed by atoms with E-state index in [1.54, 1.807) is 49.9 Å². The summed E-state index contributed by atoms with van der Waals surface area (Å²) in [7, 11) is 0. The smallest absolute Gasteiger partial charge is 0.409 e. The molecule has 1 fully saturated rings. The number of ether oxygens (including phenoxy) is 1. The second-order valence-corrected chi connectivity index (χ2v) is 9.22. The molecule has 1 amide bonds. The minimum Gasteiger partial charge on any atom is -0.450 e. The Balaban J connectivity index is 1.49. The quantitative estimate of drug-likeness (QED) is 0.483. The maximum absolute atomic E-state index is 13.2. The Hall–Kier alpha value is -3.59. The second-order valence-electron chi connectivity index (χ2n) is 8.78. The molecule has 0 unspecified atom stereocenters. The highest BCUT2D eigenvalue weighted by Gasteiger charge is 2.34. The van der Waals surface area contributed by atoms with Crippen molar-refractivity contribution in [1.82, 2.24) is 19.2 Å². The Bertz CT molecular complexity index is 1260. The number of ketones is 1. The Morgan fingerprint density at radius 1 is 0.971 bits per heavy atom. The molecular formula is C25H28ClN5O4. The van der Waals surface area contributed by atoms with Crippen molar-refractivity contribution in [2.24, 2.45) is 0 Å². The van der Waals surface area contributed by atoms with E-state index in [2.05, 4.69) is 10.00 Å². The minimum atomic E-state index is -1.19. The van der Waals surface area contributed by atoms with Crippen LogP contribution in [0.3, 0.4) is 0 Å². The van der Waals surface area contributed by atoms with Crippen LogP contribution in [0, 0.1) is 0 Å². The van der Waals surface area contributed by atoms with E-state index in [4.69, 9.17) is 16.3 Å². The SMILES string of the molecule is CCOC(=O)N1CCN(c2ccc(-n3cnn(C(C)(C)C(=O)c4ccc(Cl)cc4)c3=O)cc2)CC1. The molecule has 3 aromatic rings. The highest BCUT2D eigenvalue weighted by Crippen LogP contribution is 2.22. The Morgan fingerprint density at radius 2 is 1.57 bits per heavy atom. The monoisotopic (exact) mass is 497 g/mol. The molecule has 0 saturated carbocycles. The van der Waals surface area contributed by atoms with Gasteiger partial charge in [-0.15, -0.1) is 0 Å². The number of hydrogen-bond acceptors (Lipinski definition) is 6. The molecule has 0 aliphatic carbocycles. The highest BCUT2D eigenvalue weighted by atomic mass is 35.5. The molecule has 1 aliphatic heterocycles. The number of hydrogen-bond donors (Lipinski definition) is 0. The van der Waals surface area contributed by atoms with Gasteiger partial charge in [0.15, 0.2) is 5.78 Å². The van der Waals surface area contributed by atoms with Gasteiger partial charge in [-0.2, -0.15) is 9.78 Å². The van der Waals surface area contributed by atoms with Crippen LogP contribution in [-0.4, -0.2) is 63.9 Å². The molecule has 0 radical (unpaired) electrons. The van der Waals surface area contributed by atoms with E-state index in [0.717, 1.165) is 5.69 Å². The van der Waals surface area contributed by atoms with Crippen molar-refractivity contribution >= 4 is 29.2 Å². The predicted molar refractivity (Wildman–Crippen MR) is 134 cm³/mol. The van der Waals surface area contributed by atoms with Crippen LogP contribution in [0.4, 0.5) is 10.5 Å². The number of Topliss-reactive ketones (excluding diaryl/α,β-unsaturated/α-hetero) is 1. The van der Waals surface area contributed by atoms with Crippen LogP contribution < -0.4 is 10.6 Å². The molecule has 2 aromatic carbocycles. The van der Waals surface area contributed by atoms with Gasteiger partial charge >= 0.3 is 11.8 Å². The zero-order valence-corrected chi connectivity index (χ0v) is 20.7. The predicted octanol–water partition coefficient (Wildman–Crippen LogP) is 3.58. The van der Waals surface area contributed by atoms with Gasteiger partial charge in [-0.05, 0) is 69.3 Å². The summed E-state index contributed by atoms with van der Waals surface area (Å²) in [6.45, 7) is 8.05. The van der Waals surface area contributed by atoms with Crippen LogP contribution in [0.15, 0.2) is 59.7 Å². The molecular weight excluding hydrogens is 470 g/mol. The molecule has 184 valence electrons. The standard InChI is InChI=1S/C25H28ClN5O4/c1-4-35-24(34)29-15-13-28(14-16-29)20-9-11-21(12-10-20)30-17-27-31(23(30)33)25(2,3)22(32)18-5-7-19(26)8-6-18/h5-12,17H,4,13-16H2,1-3H3. The van der Waals surface area contributed by atoms with Crippen molar-refractivity contribution in [2.75, 3.05) is 37.7 Å². The summed E-state index contributed by atoms with van der Waals surface area (Å²) in [6, 6.07) is 14.1. The Morgan fingerprint density at radius 3 is 2.17 bits per heavy atom. The van der Waals surface area contributed by atoms with Crippen LogP contribution in [-0.2, 0) is 10.3 Å². The van der Waals surface area contributed by atoms with Crippen molar-refractivity contribution in [3.05, 3.63) is 75.9 Å². The van der Waals surface area contributed by atoms with E-state index >= 15 is 0 Å². The van der Waals surface area contributed by atoms with Gasteiger partial charge in [0.25, 0.3) is 0 Å². The number of rotatable bonds is 6. The van der Waals surface area contributed by atoms with Gasteiger partial charge in [-0.1, -0.05) is 11.6 Å². The first-order valence-electron chi connectivity index (χ1n) is 11.5. The lowest BCUT2D eigenvalue weighted by atomic mass is 9.93. The number of carbonyl (C=O) groups is 2. The van der Waals surface area contributed by atoms with E-state index in [1.807, 2.05) is 24.3 Å². The third-order valence-electron chi connectivity index (χ3n) is 6.16. The fourth-order valence-corrected chi connectivity index (χ4v) is 4.23. The lowest BCUT2D eigenvalue weighted by Crippen LogP contribution is -2.49. The summed E-state index contributed by atoms with van der Waals surface area (Å²) in [5.74, 6) is -0.237. The summed E-state index contributed by atoms with van der Waals surface area (Å²) in [4.78, 5) is 42.1. The molecule has 0 atom stereocenters. The van der Waals surface area contributed by atoms with E-state index in [-0.39, 0.29) is 11.9 Å². The zero-order valence-electron chi connectivity index (χ0n) is 20.0. The largest absolute Gasteiger partial charge is 0.450 e.